The topological polar surface area (TPSA) is 157 Å². The zero-order valence-corrected chi connectivity index (χ0v) is 25.2. The smallest absolute Gasteiger partial charge is 0.259 e. The van der Waals surface area contributed by atoms with Gasteiger partial charge in [0.1, 0.15) is 24.1 Å². The Hall–Kier alpha value is -3.08. The summed E-state index contributed by atoms with van der Waals surface area (Å²) in [6, 6.07) is 11.2. The number of nitriles is 1. The number of hydrogen-bond donors (Lipinski definition) is 2. The highest BCUT2D eigenvalue weighted by Crippen LogP contribution is 2.55. The van der Waals surface area contributed by atoms with E-state index < -0.39 is 32.6 Å². The minimum Gasteiger partial charge on any atom is -0.400 e. The van der Waals surface area contributed by atoms with Gasteiger partial charge in [-0.2, -0.15) is 5.26 Å². The van der Waals surface area contributed by atoms with Crippen LogP contribution in [-0.4, -0.2) is 86.9 Å². The molecular formula is C28H38N7O6P. The second kappa shape index (κ2) is 13.9. The van der Waals surface area contributed by atoms with Gasteiger partial charge in [-0.05, 0) is 46.7 Å². The van der Waals surface area contributed by atoms with Crippen LogP contribution < -0.4 is 5.32 Å². The van der Waals surface area contributed by atoms with Crippen LogP contribution in [0.1, 0.15) is 59.0 Å². The van der Waals surface area contributed by atoms with Crippen molar-refractivity contribution in [3.63, 3.8) is 0 Å². The third-order valence-corrected chi connectivity index (χ3v) is 8.85. The molecule has 1 aromatic carbocycles. The molecule has 1 unspecified atom stereocenters. The number of hydrogen-bond acceptors (Lipinski definition) is 11. The molecule has 1 amide bonds. The first kappa shape index (κ1) is 29.0. The van der Waals surface area contributed by atoms with Crippen molar-refractivity contribution in [1.29, 1.82) is 6.69 Å². The lowest BCUT2D eigenvalue weighted by atomic mass is 10.0. The fraction of sp³-hybridized carbons (Fsp3) is 0.536. The van der Waals surface area contributed by atoms with Crippen LogP contribution in [-0.2, 0) is 18.5 Å². The van der Waals surface area contributed by atoms with Gasteiger partial charge in [-0.15, -0.1) is 0 Å². The summed E-state index contributed by atoms with van der Waals surface area (Å²) in [6.07, 6.45) is 1.31. The van der Waals surface area contributed by atoms with E-state index in [-0.39, 0.29) is 50.3 Å². The van der Waals surface area contributed by atoms with Crippen LogP contribution >= 0.6 is 8.53 Å². The maximum Gasteiger partial charge on any atom is 0.259 e. The molecule has 0 spiro atoms. The summed E-state index contributed by atoms with van der Waals surface area (Å²) in [4.78, 5) is 25.9. The predicted octanol–water partition coefficient (Wildman–Crippen LogP) is 4.03. The Labute approximate surface area is 249 Å². The van der Waals surface area contributed by atoms with Gasteiger partial charge in [-0.25, -0.2) is 19.6 Å². The number of aliphatic hydroxyl groups excluding tert-OH is 1. The summed E-state index contributed by atoms with van der Waals surface area (Å²) < 4.78 is 43.4. The zero-order valence-electron chi connectivity index (χ0n) is 26.3. The summed E-state index contributed by atoms with van der Waals surface area (Å²) in [5.74, 6) is -0.0421. The number of aliphatic hydroxyl groups is 1. The molecular weight excluding hydrogens is 561 g/mol. The quantitative estimate of drug-likeness (QED) is 0.241. The molecule has 42 heavy (non-hydrogen) atoms. The largest absolute Gasteiger partial charge is 0.400 e. The lowest BCUT2D eigenvalue weighted by Crippen LogP contribution is -2.40. The monoisotopic (exact) mass is 602 g/mol. The number of aromatic nitrogens is 4. The van der Waals surface area contributed by atoms with Crippen molar-refractivity contribution < 1.29 is 29.8 Å². The average molecular weight is 603 g/mol. The van der Waals surface area contributed by atoms with Crippen LogP contribution in [0.4, 0.5) is 5.82 Å². The van der Waals surface area contributed by atoms with Gasteiger partial charge in [0.25, 0.3) is 14.4 Å². The molecule has 2 aliphatic rings. The molecule has 2 saturated heterocycles. The van der Waals surface area contributed by atoms with E-state index in [1.807, 2.05) is 6.07 Å². The number of rotatable bonds is 11. The van der Waals surface area contributed by atoms with Crippen LogP contribution in [0.15, 0.2) is 43.0 Å². The molecule has 0 aliphatic carbocycles. The molecule has 2 fully saturated rings. The molecule has 4 heterocycles. The molecule has 2 aliphatic heterocycles. The van der Waals surface area contributed by atoms with E-state index in [4.69, 9.17) is 26.6 Å². The highest BCUT2D eigenvalue weighted by atomic mass is 31.2. The first-order valence-corrected chi connectivity index (χ1v) is 14.7. The van der Waals surface area contributed by atoms with Gasteiger partial charge in [-0.3, -0.25) is 9.36 Å². The number of fused-ring (bicyclic) bond motifs is 3. The summed E-state index contributed by atoms with van der Waals surface area (Å²) in [6.45, 7) is 8.61. The van der Waals surface area contributed by atoms with E-state index in [1.165, 1.54) is 13.4 Å². The lowest BCUT2D eigenvalue weighted by molar-refractivity contribution is -0.164. The number of amides is 1. The fourth-order valence-electron chi connectivity index (χ4n) is 5.01. The maximum atomic E-state index is 12.8. The first-order valence-electron chi connectivity index (χ1n) is 14.7. The third-order valence-electron chi connectivity index (χ3n) is 6.74. The minimum absolute atomic E-state index is 0.0879. The van der Waals surface area contributed by atoms with E-state index in [1.54, 1.807) is 35.2 Å². The SMILES string of the molecule is [2H]C[C@@]12CO[C@@H]([C@H](n3cnc4c(NC(=O)c5ccccc5)ncnc43)O1)[C@@H]2OP(OCCC#N)N(C(C)C)C(C)C.[3H]OC. The fourth-order valence-corrected chi connectivity index (χ4v) is 6.82. The standard InChI is InChI=1S/C27H34N7O5P.CH4O/c1-17(2)34(18(3)4)40(37-13-9-12-28)39-22-21-26(38-27(22,5)14-36-21)33-16-31-20-23(29-15-30-24(20)33)32-25(35)19-10-7-6-8-11-19;1-2/h6-8,10-11,15-18,21-22,26H,9,13-14H2,1-5H3,(H,29,30,32,35);2H,1H3/t21-,22+,26-,27+,40?;/m1./s1/i5D;2T. The van der Waals surface area contributed by atoms with Crippen molar-refractivity contribution in [3.8, 4) is 6.07 Å². The Kier molecular flexibility index (Phi) is 9.62. The number of benzene rings is 1. The van der Waals surface area contributed by atoms with Gasteiger partial charge in [0.2, 0.25) is 1.43 Å². The Balaban J connectivity index is 0.00000141. The molecule has 0 radical (unpaired) electrons. The Morgan fingerprint density at radius 2 is 2.10 bits per heavy atom. The molecule has 2 bridgehead atoms. The number of nitrogens with one attached hydrogen (secondary N) is 1. The van der Waals surface area contributed by atoms with Gasteiger partial charge in [0.05, 0.1) is 32.0 Å². The van der Waals surface area contributed by atoms with Gasteiger partial charge in [-0.1, -0.05) is 18.2 Å². The van der Waals surface area contributed by atoms with Crippen molar-refractivity contribution in [2.24, 2.45) is 0 Å². The summed E-state index contributed by atoms with van der Waals surface area (Å²) in [5, 5.41) is 15.4. The van der Waals surface area contributed by atoms with Crippen LogP contribution in [0.3, 0.4) is 0 Å². The number of carbonyl (C=O) groups excluding carboxylic acids is 1. The van der Waals surface area contributed by atoms with E-state index in [0.29, 0.717) is 16.7 Å². The molecule has 5 atom stereocenters. The second-order valence-corrected chi connectivity index (χ2v) is 11.7. The summed E-state index contributed by atoms with van der Waals surface area (Å²) >= 11 is 0. The van der Waals surface area contributed by atoms with Gasteiger partial charge in [0.15, 0.2) is 23.2 Å². The predicted molar refractivity (Wildman–Crippen MR) is 156 cm³/mol. The molecule has 2 aromatic heterocycles. The highest BCUT2D eigenvalue weighted by molar-refractivity contribution is 7.44. The molecule has 2 N–H and O–H groups in total. The molecule has 0 saturated carbocycles. The average Bonchev–Trinajstić information content (AvgIpc) is 3.68. The summed E-state index contributed by atoms with van der Waals surface area (Å²) in [5.41, 5.74) is 0.309. The van der Waals surface area contributed by atoms with E-state index in [0.717, 1.165) is 0 Å². The van der Waals surface area contributed by atoms with E-state index in [9.17, 15) is 4.79 Å². The van der Waals surface area contributed by atoms with Crippen molar-refractivity contribution in [2.45, 2.75) is 77.1 Å². The van der Waals surface area contributed by atoms with Gasteiger partial charge >= 0.3 is 0 Å². The zero-order chi connectivity index (χ0) is 31.9. The number of imidazole rings is 1. The number of anilines is 1. The van der Waals surface area contributed by atoms with Gasteiger partial charge in [0, 0.05) is 26.1 Å². The van der Waals surface area contributed by atoms with E-state index in [2.05, 4.69) is 63.8 Å². The Morgan fingerprint density at radius 1 is 1.36 bits per heavy atom. The van der Waals surface area contributed by atoms with Crippen molar-refractivity contribution in [2.75, 3.05) is 25.6 Å². The first-order chi connectivity index (χ1) is 21.2. The van der Waals surface area contributed by atoms with Crippen LogP contribution in [0.2, 0.25) is 0 Å². The maximum absolute atomic E-state index is 12.8. The van der Waals surface area contributed by atoms with Crippen molar-refractivity contribution >= 4 is 31.4 Å². The van der Waals surface area contributed by atoms with Crippen molar-refractivity contribution in [3.05, 3.63) is 48.5 Å². The van der Waals surface area contributed by atoms with Crippen LogP contribution in [0, 0.1) is 11.3 Å². The Morgan fingerprint density at radius 3 is 2.76 bits per heavy atom. The molecule has 226 valence electrons. The van der Waals surface area contributed by atoms with E-state index >= 15 is 0 Å². The summed E-state index contributed by atoms with van der Waals surface area (Å²) in [7, 11) is -0.292. The minimum atomic E-state index is -1.58. The molecule has 3 aromatic rings. The molecule has 13 nitrogen and oxygen atoms in total. The number of nitrogens with zero attached hydrogens (tertiary/aromatic N) is 6. The number of ether oxygens (including phenoxy) is 2. The van der Waals surface area contributed by atoms with Gasteiger partial charge < -0.3 is 28.9 Å². The number of carbonyl (C=O) groups is 1. The lowest BCUT2D eigenvalue weighted by Gasteiger charge is -2.38. The third kappa shape index (κ3) is 6.45. The van der Waals surface area contributed by atoms with Crippen LogP contribution in [0.5, 0.6) is 0 Å². The Bertz CT molecular complexity index is 1420. The highest BCUT2D eigenvalue weighted by Gasteiger charge is 2.62. The molecule has 5 rings (SSSR count). The normalized spacial score (nSPS) is 24.3. The molecule has 14 heteroatoms. The van der Waals surface area contributed by atoms with Crippen LogP contribution in [0.25, 0.3) is 11.2 Å². The second-order valence-electron chi connectivity index (χ2n) is 10.3. The van der Waals surface area contributed by atoms with Crippen molar-refractivity contribution in [1.82, 2.24) is 24.2 Å².